The van der Waals surface area contributed by atoms with Crippen LogP contribution in [0.4, 0.5) is 0 Å². The van der Waals surface area contributed by atoms with E-state index in [4.69, 9.17) is 0 Å². The van der Waals surface area contributed by atoms with Gasteiger partial charge in [0.15, 0.2) is 5.82 Å². The third kappa shape index (κ3) is 3.14. The summed E-state index contributed by atoms with van der Waals surface area (Å²) in [6.07, 6.45) is 2.36. The number of fused-ring (bicyclic) bond motifs is 1. The number of nitrogens with one attached hydrogen (secondary N) is 1. The van der Waals surface area contributed by atoms with Gasteiger partial charge in [0.25, 0.3) is 5.91 Å². The number of hydrogen-bond donors (Lipinski definition) is 1. The van der Waals surface area contributed by atoms with Crippen molar-refractivity contribution in [1.29, 1.82) is 0 Å². The maximum absolute atomic E-state index is 12.5. The summed E-state index contributed by atoms with van der Waals surface area (Å²) in [5.74, 6) is 2.10. The lowest BCUT2D eigenvalue weighted by Gasteiger charge is -2.32. The fourth-order valence-electron chi connectivity index (χ4n) is 3.33. The highest BCUT2D eigenvalue weighted by Crippen LogP contribution is 2.40. The van der Waals surface area contributed by atoms with Crippen LogP contribution in [0.2, 0.25) is 0 Å². The number of benzene rings is 1. The average Bonchev–Trinajstić information content (AvgIpc) is 3.39. The van der Waals surface area contributed by atoms with Gasteiger partial charge in [-0.15, -0.1) is 10.2 Å². The van der Waals surface area contributed by atoms with Gasteiger partial charge in [-0.05, 0) is 31.9 Å². The van der Waals surface area contributed by atoms with E-state index in [0.29, 0.717) is 24.6 Å². The van der Waals surface area contributed by atoms with Gasteiger partial charge in [0.1, 0.15) is 5.82 Å². The minimum absolute atomic E-state index is 0.00985. The molecule has 0 unspecified atom stereocenters. The second kappa shape index (κ2) is 6.31. The molecule has 25 heavy (non-hydrogen) atoms. The van der Waals surface area contributed by atoms with Crippen LogP contribution in [0.3, 0.4) is 0 Å². The van der Waals surface area contributed by atoms with Crippen molar-refractivity contribution in [1.82, 2.24) is 25.0 Å². The maximum Gasteiger partial charge on any atom is 0.251 e. The molecule has 1 N–H and O–H groups in total. The highest BCUT2D eigenvalue weighted by atomic mass is 16.2. The molecule has 1 aliphatic heterocycles. The Balaban J connectivity index is 1.39. The third-order valence-electron chi connectivity index (χ3n) is 4.78. The smallest absolute Gasteiger partial charge is 0.251 e. The number of rotatable bonds is 4. The minimum atomic E-state index is -0.238. The lowest BCUT2D eigenvalue weighted by atomic mass is 10.2. The monoisotopic (exact) mass is 339 g/mol. The SMILES string of the molecule is C[C@H]1CN(C(=O)CNC(=O)c2ccccc2)Cc2nnc(C3CC3)n21. The number of carbonyl (C=O) groups is 2. The normalized spacial score (nSPS) is 19.4. The van der Waals surface area contributed by atoms with Crippen molar-refractivity contribution >= 4 is 11.8 Å². The van der Waals surface area contributed by atoms with Gasteiger partial charge in [0.05, 0.1) is 19.1 Å². The van der Waals surface area contributed by atoms with E-state index in [1.54, 1.807) is 29.2 Å². The van der Waals surface area contributed by atoms with Crippen LogP contribution in [0.25, 0.3) is 0 Å². The first-order valence-electron chi connectivity index (χ1n) is 8.68. The first-order valence-corrected chi connectivity index (χ1v) is 8.68. The highest BCUT2D eigenvalue weighted by Gasteiger charge is 2.35. The number of carbonyl (C=O) groups excluding carboxylic acids is 2. The van der Waals surface area contributed by atoms with E-state index in [0.717, 1.165) is 11.6 Å². The van der Waals surface area contributed by atoms with Gasteiger partial charge < -0.3 is 14.8 Å². The van der Waals surface area contributed by atoms with Crippen molar-refractivity contribution < 1.29 is 9.59 Å². The number of amides is 2. The van der Waals surface area contributed by atoms with Crippen LogP contribution >= 0.6 is 0 Å². The van der Waals surface area contributed by atoms with Crippen LogP contribution in [0.5, 0.6) is 0 Å². The van der Waals surface area contributed by atoms with Crippen molar-refractivity contribution in [2.24, 2.45) is 0 Å². The number of aromatic nitrogens is 3. The van der Waals surface area contributed by atoms with Crippen molar-refractivity contribution in [3.05, 3.63) is 47.5 Å². The number of hydrogen-bond acceptors (Lipinski definition) is 4. The van der Waals surface area contributed by atoms with Gasteiger partial charge in [-0.25, -0.2) is 0 Å². The number of nitrogens with zero attached hydrogens (tertiary/aromatic N) is 4. The molecule has 7 nitrogen and oxygen atoms in total. The molecule has 1 aliphatic carbocycles. The Morgan fingerprint density at radius 1 is 1.20 bits per heavy atom. The first kappa shape index (κ1) is 15.8. The molecule has 2 amide bonds. The summed E-state index contributed by atoms with van der Waals surface area (Å²) in [6.45, 7) is 3.14. The molecule has 1 aromatic carbocycles. The van der Waals surface area contributed by atoms with Crippen LogP contribution in [0, 0.1) is 0 Å². The van der Waals surface area contributed by atoms with Crippen LogP contribution in [-0.2, 0) is 11.3 Å². The lowest BCUT2D eigenvalue weighted by Crippen LogP contribution is -2.45. The fourth-order valence-corrected chi connectivity index (χ4v) is 3.33. The molecule has 2 aliphatic rings. The Kier molecular flexibility index (Phi) is 3.99. The molecular weight excluding hydrogens is 318 g/mol. The molecule has 7 heteroatoms. The summed E-state index contributed by atoms with van der Waals surface area (Å²) in [6, 6.07) is 9.06. The summed E-state index contributed by atoms with van der Waals surface area (Å²) in [5, 5.41) is 11.3. The van der Waals surface area contributed by atoms with Gasteiger partial charge in [0, 0.05) is 18.0 Å². The largest absolute Gasteiger partial charge is 0.343 e. The van der Waals surface area contributed by atoms with Crippen LogP contribution in [-0.4, -0.2) is 44.6 Å². The Morgan fingerprint density at radius 3 is 2.68 bits per heavy atom. The molecule has 0 spiro atoms. The molecule has 130 valence electrons. The van der Waals surface area contributed by atoms with Gasteiger partial charge in [-0.3, -0.25) is 9.59 Å². The molecule has 0 saturated heterocycles. The van der Waals surface area contributed by atoms with Crippen LogP contribution in [0.1, 0.15) is 53.7 Å². The molecular formula is C18H21N5O2. The second-order valence-corrected chi connectivity index (χ2v) is 6.79. The van der Waals surface area contributed by atoms with Gasteiger partial charge in [-0.1, -0.05) is 18.2 Å². The third-order valence-corrected chi connectivity index (χ3v) is 4.78. The van der Waals surface area contributed by atoms with Crippen molar-refractivity contribution in [2.45, 2.75) is 38.3 Å². The summed E-state index contributed by atoms with van der Waals surface area (Å²) >= 11 is 0. The summed E-state index contributed by atoms with van der Waals surface area (Å²) in [7, 11) is 0. The van der Waals surface area contributed by atoms with Crippen LogP contribution in [0.15, 0.2) is 30.3 Å². The Hall–Kier alpha value is -2.70. The molecule has 1 aromatic heterocycles. The fraction of sp³-hybridized carbons (Fsp3) is 0.444. The van der Waals surface area contributed by atoms with Crippen molar-refractivity contribution in [3.63, 3.8) is 0 Å². The van der Waals surface area contributed by atoms with Gasteiger partial charge in [0.2, 0.25) is 5.91 Å². The zero-order valence-corrected chi connectivity index (χ0v) is 14.2. The quantitative estimate of drug-likeness (QED) is 0.915. The zero-order chi connectivity index (χ0) is 17.4. The van der Waals surface area contributed by atoms with E-state index < -0.39 is 0 Å². The molecule has 4 rings (SSSR count). The Labute approximate surface area is 146 Å². The molecule has 0 radical (unpaired) electrons. The zero-order valence-electron chi connectivity index (χ0n) is 14.2. The molecule has 2 heterocycles. The average molecular weight is 339 g/mol. The van der Waals surface area contributed by atoms with Gasteiger partial charge >= 0.3 is 0 Å². The summed E-state index contributed by atoms with van der Waals surface area (Å²) < 4.78 is 2.18. The van der Waals surface area contributed by atoms with Crippen molar-refractivity contribution in [2.75, 3.05) is 13.1 Å². The molecule has 1 atom stereocenters. The standard InChI is InChI=1S/C18H21N5O2/c1-12-10-22(11-15-20-21-17(23(12)15)13-7-8-13)16(24)9-19-18(25)14-5-3-2-4-6-14/h2-6,12-13H,7-11H2,1H3,(H,19,25)/t12-/m0/s1. The first-order chi connectivity index (χ1) is 12.1. The topological polar surface area (TPSA) is 80.1 Å². The van der Waals surface area contributed by atoms with E-state index in [9.17, 15) is 9.59 Å². The van der Waals surface area contributed by atoms with E-state index in [-0.39, 0.29) is 24.4 Å². The predicted molar refractivity (Wildman–Crippen MR) is 90.9 cm³/mol. The molecule has 1 saturated carbocycles. The lowest BCUT2D eigenvalue weighted by molar-refractivity contribution is -0.132. The molecule has 1 fully saturated rings. The molecule has 2 aromatic rings. The Bertz CT molecular complexity index is 797. The van der Waals surface area contributed by atoms with E-state index in [2.05, 4.69) is 27.0 Å². The van der Waals surface area contributed by atoms with E-state index in [1.165, 1.54) is 12.8 Å². The van der Waals surface area contributed by atoms with E-state index in [1.807, 2.05) is 6.07 Å². The summed E-state index contributed by atoms with van der Waals surface area (Å²) in [5.41, 5.74) is 0.552. The molecule has 0 bridgehead atoms. The van der Waals surface area contributed by atoms with Crippen LogP contribution < -0.4 is 5.32 Å². The highest BCUT2D eigenvalue weighted by molar-refractivity contribution is 5.96. The van der Waals surface area contributed by atoms with Crippen molar-refractivity contribution in [3.8, 4) is 0 Å². The summed E-state index contributed by atoms with van der Waals surface area (Å²) in [4.78, 5) is 26.3. The Morgan fingerprint density at radius 2 is 1.96 bits per heavy atom. The second-order valence-electron chi connectivity index (χ2n) is 6.79. The van der Waals surface area contributed by atoms with E-state index >= 15 is 0 Å². The minimum Gasteiger partial charge on any atom is -0.343 e. The van der Waals surface area contributed by atoms with Gasteiger partial charge in [-0.2, -0.15) is 0 Å². The predicted octanol–water partition coefficient (Wildman–Crippen LogP) is 1.49. The maximum atomic E-state index is 12.5.